The lowest BCUT2D eigenvalue weighted by molar-refractivity contribution is -0.121. The number of carboxylic acid groups (broad SMARTS) is 1. The van der Waals surface area contributed by atoms with Gasteiger partial charge in [0.05, 0.1) is 12.1 Å². The number of likely N-dealkylation sites (N-methyl/N-ethyl adjacent to an activating group) is 2. The molecular formula is C13H17FN2O3. The minimum atomic E-state index is -1.29. The van der Waals surface area contributed by atoms with Crippen LogP contribution >= 0.6 is 0 Å². The molecule has 1 amide bonds. The molecular weight excluding hydrogens is 251 g/mol. The normalized spacial score (nSPS) is 10.5. The Morgan fingerprint density at radius 2 is 2.11 bits per heavy atom. The Kier molecular flexibility index (Phi) is 5.44. The van der Waals surface area contributed by atoms with E-state index in [9.17, 15) is 14.0 Å². The van der Waals surface area contributed by atoms with Crippen LogP contribution in [0.15, 0.2) is 18.2 Å². The maximum Gasteiger partial charge on any atom is 0.338 e. The molecule has 0 heterocycles. The van der Waals surface area contributed by atoms with Crippen molar-refractivity contribution >= 4 is 11.9 Å². The topological polar surface area (TPSA) is 69.6 Å². The zero-order valence-corrected chi connectivity index (χ0v) is 10.9. The van der Waals surface area contributed by atoms with Gasteiger partial charge in [0.1, 0.15) is 5.82 Å². The summed E-state index contributed by atoms with van der Waals surface area (Å²) in [5.41, 5.74) is 0.268. The van der Waals surface area contributed by atoms with Crippen molar-refractivity contribution < 1.29 is 19.1 Å². The first-order valence-corrected chi connectivity index (χ1v) is 5.91. The van der Waals surface area contributed by atoms with E-state index in [-0.39, 0.29) is 18.0 Å². The number of amides is 1. The molecule has 0 saturated carbocycles. The van der Waals surface area contributed by atoms with E-state index in [1.807, 2.05) is 6.92 Å². The van der Waals surface area contributed by atoms with E-state index in [2.05, 4.69) is 5.32 Å². The number of hydrogen-bond acceptors (Lipinski definition) is 3. The number of carboxylic acids is 1. The summed E-state index contributed by atoms with van der Waals surface area (Å²) in [5, 5.41) is 11.4. The van der Waals surface area contributed by atoms with Gasteiger partial charge in [0, 0.05) is 13.1 Å². The number of halogens is 1. The maximum absolute atomic E-state index is 13.5. The molecule has 5 nitrogen and oxygen atoms in total. The second-order valence-corrected chi connectivity index (χ2v) is 4.25. The van der Waals surface area contributed by atoms with Gasteiger partial charge in [-0.1, -0.05) is 6.07 Å². The van der Waals surface area contributed by atoms with Crippen LogP contribution in [-0.4, -0.2) is 42.0 Å². The van der Waals surface area contributed by atoms with Crippen molar-refractivity contribution in [2.45, 2.75) is 13.5 Å². The average molecular weight is 268 g/mol. The van der Waals surface area contributed by atoms with Crippen LogP contribution in [0.5, 0.6) is 0 Å². The summed E-state index contributed by atoms with van der Waals surface area (Å²) in [7, 11) is 1.73. The Hall–Kier alpha value is -1.95. The third kappa shape index (κ3) is 4.67. The van der Waals surface area contributed by atoms with Crippen molar-refractivity contribution in [3.8, 4) is 0 Å². The highest BCUT2D eigenvalue weighted by molar-refractivity contribution is 5.87. The molecule has 1 rings (SSSR count). The van der Waals surface area contributed by atoms with Crippen LogP contribution < -0.4 is 5.32 Å². The Balaban J connectivity index is 2.65. The van der Waals surface area contributed by atoms with Crippen LogP contribution in [0.3, 0.4) is 0 Å². The summed E-state index contributed by atoms with van der Waals surface area (Å²) in [6, 6.07) is 3.95. The minimum absolute atomic E-state index is 0.104. The van der Waals surface area contributed by atoms with Gasteiger partial charge in [0.15, 0.2) is 0 Å². The third-order valence-corrected chi connectivity index (χ3v) is 2.50. The van der Waals surface area contributed by atoms with E-state index in [0.717, 1.165) is 0 Å². The monoisotopic (exact) mass is 268 g/mol. The molecule has 0 radical (unpaired) electrons. The van der Waals surface area contributed by atoms with Gasteiger partial charge in [-0.05, 0) is 31.7 Å². The number of aromatic carboxylic acids is 1. The molecule has 0 atom stereocenters. The molecule has 0 saturated heterocycles. The fraction of sp³-hybridized carbons (Fsp3) is 0.385. The Morgan fingerprint density at radius 3 is 2.63 bits per heavy atom. The zero-order valence-electron chi connectivity index (χ0n) is 10.9. The van der Waals surface area contributed by atoms with E-state index in [1.54, 1.807) is 18.0 Å². The SMILES string of the molecule is CCNC(=O)CN(C)Cc1ccc(C(=O)O)c(F)c1. The number of benzene rings is 1. The molecule has 0 aliphatic rings. The van der Waals surface area contributed by atoms with Crippen LogP contribution in [0.1, 0.15) is 22.8 Å². The number of nitrogens with one attached hydrogen (secondary N) is 1. The largest absolute Gasteiger partial charge is 0.478 e. The molecule has 0 spiro atoms. The summed E-state index contributed by atoms with van der Waals surface area (Å²) >= 11 is 0. The predicted octanol–water partition coefficient (Wildman–Crippen LogP) is 1.09. The van der Waals surface area contributed by atoms with Gasteiger partial charge in [0.25, 0.3) is 0 Å². The highest BCUT2D eigenvalue weighted by atomic mass is 19.1. The minimum Gasteiger partial charge on any atom is -0.478 e. The van der Waals surface area contributed by atoms with Gasteiger partial charge in [-0.25, -0.2) is 9.18 Å². The van der Waals surface area contributed by atoms with Crippen LogP contribution in [-0.2, 0) is 11.3 Å². The molecule has 0 aromatic heterocycles. The second-order valence-electron chi connectivity index (χ2n) is 4.25. The summed E-state index contributed by atoms with van der Waals surface area (Å²) in [6.45, 7) is 2.97. The quantitative estimate of drug-likeness (QED) is 0.810. The number of carbonyl (C=O) groups is 2. The molecule has 0 aliphatic heterocycles. The number of rotatable bonds is 6. The summed E-state index contributed by atoms with van der Waals surface area (Å²) < 4.78 is 13.5. The van der Waals surface area contributed by atoms with E-state index in [0.29, 0.717) is 18.7 Å². The number of hydrogen-bond donors (Lipinski definition) is 2. The van der Waals surface area contributed by atoms with Gasteiger partial charge >= 0.3 is 5.97 Å². The smallest absolute Gasteiger partial charge is 0.338 e. The molecule has 1 aromatic rings. The van der Waals surface area contributed by atoms with Crippen molar-refractivity contribution in [1.29, 1.82) is 0 Å². The van der Waals surface area contributed by atoms with E-state index in [1.165, 1.54) is 12.1 Å². The van der Waals surface area contributed by atoms with Crippen LogP contribution in [0.25, 0.3) is 0 Å². The molecule has 6 heteroatoms. The van der Waals surface area contributed by atoms with E-state index >= 15 is 0 Å². The third-order valence-electron chi connectivity index (χ3n) is 2.50. The maximum atomic E-state index is 13.5. The van der Waals surface area contributed by atoms with E-state index < -0.39 is 11.8 Å². The summed E-state index contributed by atoms with van der Waals surface area (Å²) in [6.07, 6.45) is 0. The molecule has 1 aromatic carbocycles. The second kappa shape index (κ2) is 6.84. The van der Waals surface area contributed by atoms with Crippen LogP contribution in [0.4, 0.5) is 4.39 Å². The first-order valence-electron chi connectivity index (χ1n) is 5.91. The Bertz CT molecular complexity index is 477. The number of carbonyl (C=O) groups excluding carboxylic acids is 1. The van der Waals surface area contributed by atoms with Crippen molar-refractivity contribution in [2.24, 2.45) is 0 Å². The van der Waals surface area contributed by atoms with E-state index in [4.69, 9.17) is 5.11 Å². The first kappa shape index (κ1) is 15.1. The molecule has 104 valence electrons. The van der Waals surface area contributed by atoms with Crippen molar-refractivity contribution in [3.63, 3.8) is 0 Å². The highest BCUT2D eigenvalue weighted by Crippen LogP contribution is 2.12. The molecule has 0 fully saturated rings. The Labute approximate surface area is 111 Å². The summed E-state index contributed by atoms with van der Waals surface area (Å²) in [4.78, 5) is 23.7. The molecule has 0 aliphatic carbocycles. The van der Waals surface area contributed by atoms with Crippen LogP contribution in [0, 0.1) is 5.82 Å². The molecule has 2 N–H and O–H groups in total. The zero-order chi connectivity index (χ0) is 14.4. The predicted molar refractivity (Wildman–Crippen MR) is 68.4 cm³/mol. The van der Waals surface area contributed by atoms with Gasteiger partial charge in [0.2, 0.25) is 5.91 Å². The number of nitrogens with zero attached hydrogens (tertiary/aromatic N) is 1. The fourth-order valence-corrected chi connectivity index (χ4v) is 1.70. The standard InChI is InChI=1S/C13H17FN2O3/c1-3-15-12(17)8-16(2)7-9-4-5-10(13(18)19)11(14)6-9/h4-6H,3,7-8H2,1-2H3,(H,15,17)(H,18,19). The Morgan fingerprint density at radius 1 is 1.42 bits per heavy atom. The average Bonchev–Trinajstić information content (AvgIpc) is 2.28. The fourth-order valence-electron chi connectivity index (χ4n) is 1.70. The van der Waals surface area contributed by atoms with Gasteiger partial charge < -0.3 is 10.4 Å². The summed E-state index contributed by atoms with van der Waals surface area (Å²) in [5.74, 6) is -2.16. The molecule has 0 unspecified atom stereocenters. The van der Waals surface area contributed by atoms with Gasteiger partial charge in [-0.2, -0.15) is 0 Å². The van der Waals surface area contributed by atoms with Gasteiger partial charge in [-0.3, -0.25) is 9.69 Å². The lowest BCUT2D eigenvalue weighted by Crippen LogP contribution is -2.34. The van der Waals surface area contributed by atoms with Crippen molar-refractivity contribution in [2.75, 3.05) is 20.1 Å². The van der Waals surface area contributed by atoms with Crippen LogP contribution in [0.2, 0.25) is 0 Å². The lowest BCUT2D eigenvalue weighted by Gasteiger charge is -2.16. The lowest BCUT2D eigenvalue weighted by atomic mass is 10.1. The van der Waals surface area contributed by atoms with Crippen molar-refractivity contribution in [3.05, 3.63) is 35.1 Å². The molecule has 0 bridgehead atoms. The highest BCUT2D eigenvalue weighted by Gasteiger charge is 2.12. The first-order chi connectivity index (χ1) is 8.93. The van der Waals surface area contributed by atoms with Gasteiger partial charge in [-0.15, -0.1) is 0 Å². The van der Waals surface area contributed by atoms with Crippen molar-refractivity contribution in [1.82, 2.24) is 10.2 Å². The molecule has 19 heavy (non-hydrogen) atoms.